The molecule has 1 amide bonds. The van der Waals surface area contributed by atoms with Crippen molar-refractivity contribution in [1.82, 2.24) is 4.83 Å². The first-order valence-corrected chi connectivity index (χ1v) is 10.4. The Kier molecular flexibility index (Phi) is 4.45. The molecule has 0 saturated heterocycles. The van der Waals surface area contributed by atoms with Crippen molar-refractivity contribution < 1.29 is 23.1 Å². The lowest BCUT2D eigenvalue weighted by molar-refractivity contribution is 0.0696. The van der Waals surface area contributed by atoms with Gasteiger partial charge in [0.2, 0.25) is 0 Å². The standard InChI is InChI=1S/C19H19N3O5S/c20-21-28(26,27)16-8-7-11(19(24)25)10-15(16)22-9-2-1-4-12-13-5-3-6-14(17(12)13)18(22)23/h3,5-8,10,12,21H,1-2,4,9,20H2,(H,24,25). The van der Waals surface area contributed by atoms with Crippen LogP contribution < -0.4 is 15.6 Å². The third kappa shape index (κ3) is 2.97. The molecule has 0 spiro atoms. The second-order valence-electron chi connectivity index (χ2n) is 6.92. The lowest BCUT2D eigenvalue weighted by atomic mass is 10.1. The van der Waals surface area contributed by atoms with Gasteiger partial charge in [0.1, 0.15) is 4.90 Å². The van der Waals surface area contributed by atoms with Gasteiger partial charge in [0.05, 0.1) is 11.3 Å². The molecule has 4 N–H and O–H groups in total. The first-order valence-electron chi connectivity index (χ1n) is 8.89. The summed E-state index contributed by atoms with van der Waals surface area (Å²) in [4.78, 5) is 27.7. The molecule has 146 valence electrons. The van der Waals surface area contributed by atoms with Gasteiger partial charge in [-0.3, -0.25) is 10.6 Å². The molecule has 1 atom stereocenters. The summed E-state index contributed by atoms with van der Waals surface area (Å²) < 4.78 is 24.8. The second-order valence-corrected chi connectivity index (χ2v) is 8.60. The lowest BCUT2D eigenvalue weighted by Gasteiger charge is -2.25. The third-order valence-corrected chi connectivity index (χ3v) is 6.56. The molecule has 2 aromatic carbocycles. The molecule has 1 heterocycles. The number of hydrazine groups is 1. The van der Waals surface area contributed by atoms with Crippen molar-refractivity contribution >= 4 is 27.6 Å². The van der Waals surface area contributed by atoms with Gasteiger partial charge in [-0.2, -0.15) is 0 Å². The van der Waals surface area contributed by atoms with E-state index in [0.29, 0.717) is 12.0 Å². The largest absolute Gasteiger partial charge is 0.478 e. The number of hydrogen-bond acceptors (Lipinski definition) is 5. The van der Waals surface area contributed by atoms with Crippen LogP contribution in [-0.2, 0) is 10.0 Å². The third-order valence-electron chi connectivity index (χ3n) is 5.32. The molecule has 2 aliphatic rings. The molecule has 4 rings (SSSR count). The fourth-order valence-corrected chi connectivity index (χ4v) is 4.73. The van der Waals surface area contributed by atoms with Crippen molar-refractivity contribution in [3.63, 3.8) is 0 Å². The number of nitrogens with one attached hydrogen (secondary N) is 1. The number of benzene rings is 2. The van der Waals surface area contributed by atoms with Gasteiger partial charge in [0.15, 0.2) is 0 Å². The highest BCUT2D eigenvalue weighted by Gasteiger charge is 2.39. The van der Waals surface area contributed by atoms with E-state index in [0.717, 1.165) is 30.0 Å². The summed E-state index contributed by atoms with van der Waals surface area (Å²) in [6.45, 7) is 0.283. The molecule has 0 aromatic heterocycles. The number of carboxylic acids is 1. The summed E-state index contributed by atoms with van der Waals surface area (Å²) in [5, 5.41) is 9.34. The van der Waals surface area contributed by atoms with Crippen molar-refractivity contribution in [3.05, 3.63) is 58.7 Å². The van der Waals surface area contributed by atoms with Gasteiger partial charge >= 0.3 is 5.97 Å². The number of carbonyl (C=O) groups is 2. The average Bonchev–Trinajstić information content (AvgIpc) is 3.38. The summed E-state index contributed by atoms with van der Waals surface area (Å²) in [5.74, 6) is 3.91. The van der Waals surface area contributed by atoms with Crippen molar-refractivity contribution in [3.8, 4) is 0 Å². The topological polar surface area (TPSA) is 130 Å². The van der Waals surface area contributed by atoms with Crippen molar-refractivity contribution in [2.24, 2.45) is 5.84 Å². The summed E-state index contributed by atoms with van der Waals surface area (Å²) in [6, 6.07) is 9.10. The number of amides is 1. The molecule has 2 aromatic rings. The minimum atomic E-state index is -4.10. The predicted molar refractivity (Wildman–Crippen MR) is 102 cm³/mol. The molecule has 28 heavy (non-hydrogen) atoms. The maximum absolute atomic E-state index is 13.3. The number of carbonyl (C=O) groups excluding carboxylic acids is 1. The van der Waals surface area contributed by atoms with E-state index in [1.807, 2.05) is 12.1 Å². The minimum Gasteiger partial charge on any atom is -0.478 e. The van der Waals surface area contributed by atoms with Crippen LogP contribution in [-0.4, -0.2) is 31.9 Å². The van der Waals surface area contributed by atoms with Gasteiger partial charge in [-0.15, -0.1) is 4.83 Å². The van der Waals surface area contributed by atoms with Crippen LogP contribution in [0.15, 0.2) is 41.3 Å². The van der Waals surface area contributed by atoms with Crippen LogP contribution >= 0.6 is 0 Å². The molecular formula is C19H19N3O5S. The number of carboxylic acid groups (broad SMARTS) is 1. The molecule has 1 aliphatic carbocycles. The monoisotopic (exact) mass is 401 g/mol. The lowest BCUT2D eigenvalue weighted by Crippen LogP contribution is -2.36. The summed E-state index contributed by atoms with van der Waals surface area (Å²) in [5.41, 5.74) is 2.60. The van der Waals surface area contributed by atoms with Crippen molar-refractivity contribution in [2.45, 2.75) is 30.1 Å². The smallest absolute Gasteiger partial charge is 0.335 e. The van der Waals surface area contributed by atoms with E-state index in [4.69, 9.17) is 5.84 Å². The number of rotatable bonds is 4. The number of fused-ring (bicyclic) bond motifs is 1. The van der Waals surface area contributed by atoms with E-state index in [1.165, 1.54) is 17.0 Å². The molecule has 8 nitrogen and oxygen atoms in total. The number of aromatic carboxylic acids is 1. The highest BCUT2D eigenvalue weighted by atomic mass is 32.2. The molecule has 1 unspecified atom stereocenters. The Morgan fingerprint density at radius 2 is 2.00 bits per heavy atom. The normalized spacial score (nSPS) is 18.7. The van der Waals surface area contributed by atoms with E-state index >= 15 is 0 Å². The molecule has 0 saturated carbocycles. The number of nitrogens with two attached hydrogens (primary N) is 1. The maximum Gasteiger partial charge on any atom is 0.335 e. The molecule has 0 fully saturated rings. The van der Waals surface area contributed by atoms with E-state index in [9.17, 15) is 23.1 Å². The van der Waals surface area contributed by atoms with Crippen LogP contribution in [0, 0.1) is 0 Å². The summed E-state index contributed by atoms with van der Waals surface area (Å²) >= 11 is 0. The Bertz CT molecular complexity index is 1100. The van der Waals surface area contributed by atoms with E-state index < -0.39 is 16.0 Å². The fourth-order valence-electron chi connectivity index (χ4n) is 3.91. The average molecular weight is 401 g/mol. The Hall–Kier alpha value is -2.75. The highest BCUT2D eigenvalue weighted by molar-refractivity contribution is 7.89. The molecule has 1 aliphatic heterocycles. The molecule has 0 radical (unpaired) electrons. The van der Waals surface area contributed by atoms with Gasteiger partial charge in [-0.1, -0.05) is 18.6 Å². The van der Waals surface area contributed by atoms with Crippen LogP contribution in [0.3, 0.4) is 0 Å². The Balaban J connectivity index is 1.88. The first-order chi connectivity index (χ1) is 13.3. The van der Waals surface area contributed by atoms with E-state index in [-0.39, 0.29) is 34.5 Å². The fraction of sp³-hybridized carbons (Fsp3) is 0.263. The van der Waals surface area contributed by atoms with Gasteiger partial charge < -0.3 is 10.0 Å². The Morgan fingerprint density at radius 1 is 1.21 bits per heavy atom. The number of hydrogen-bond donors (Lipinski definition) is 3. The minimum absolute atomic E-state index is 0.0135. The zero-order chi connectivity index (χ0) is 20.1. The van der Waals surface area contributed by atoms with Crippen LogP contribution in [0.4, 0.5) is 5.69 Å². The Labute approximate surface area is 162 Å². The highest BCUT2D eigenvalue weighted by Crippen LogP contribution is 2.50. The quantitative estimate of drug-likeness (QED) is 0.529. The van der Waals surface area contributed by atoms with Crippen LogP contribution in [0.1, 0.15) is 57.0 Å². The zero-order valence-corrected chi connectivity index (χ0v) is 15.7. The van der Waals surface area contributed by atoms with Gasteiger partial charge in [-0.05, 0) is 48.2 Å². The summed E-state index contributed by atoms with van der Waals surface area (Å²) in [6.07, 6.45) is 2.49. The molecular weight excluding hydrogens is 382 g/mol. The van der Waals surface area contributed by atoms with Crippen molar-refractivity contribution in [2.75, 3.05) is 11.4 Å². The Morgan fingerprint density at radius 3 is 2.71 bits per heavy atom. The zero-order valence-electron chi connectivity index (χ0n) is 14.9. The SMILES string of the molecule is NNS(=O)(=O)c1ccc(C(=O)O)cc1N1CCCCC2c3cccc(c32)C1=O. The number of anilines is 1. The second kappa shape index (κ2) is 6.69. The van der Waals surface area contributed by atoms with Gasteiger partial charge in [0, 0.05) is 18.0 Å². The van der Waals surface area contributed by atoms with Gasteiger partial charge in [0.25, 0.3) is 15.9 Å². The predicted octanol–water partition coefficient (Wildman–Crippen LogP) is 1.81. The van der Waals surface area contributed by atoms with E-state index in [2.05, 4.69) is 0 Å². The van der Waals surface area contributed by atoms with Crippen LogP contribution in [0.25, 0.3) is 0 Å². The van der Waals surface area contributed by atoms with Gasteiger partial charge in [-0.25, -0.2) is 13.2 Å². The molecule has 0 bridgehead atoms. The summed E-state index contributed by atoms with van der Waals surface area (Å²) in [7, 11) is -4.10. The van der Waals surface area contributed by atoms with Crippen molar-refractivity contribution in [1.29, 1.82) is 0 Å². The maximum atomic E-state index is 13.3. The number of sulfonamides is 1. The van der Waals surface area contributed by atoms with E-state index in [1.54, 1.807) is 10.9 Å². The molecule has 9 heteroatoms. The first kappa shape index (κ1) is 18.6. The van der Waals surface area contributed by atoms with Crippen LogP contribution in [0.2, 0.25) is 0 Å². The number of nitrogens with zero attached hydrogens (tertiary/aromatic N) is 1. The van der Waals surface area contributed by atoms with Crippen LogP contribution in [0.5, 0.6) is 0 Å².